The van der Waals surface area contributed by atoms with Crippen molar-refractivity contribution >= 4 is 15.9 Å². The standard InChI is InChI=1S/C13H17BrN4/c1-9(2)12-4-10(6-15-3)5-13(17-12)18-8-11(14)7-16-18/h4-5,7-9,15H,6H2,1-3H3. The molecule has 0 amide bonds. The third-order valence-electron chi connectivity index (χ3n) is 2.65. The Morgan fingerprint density at radius 2 is 2.17 bits per heavy atom. The second-order valence-corrected chi connectivity index (χ2v) is 5.46. The van der Waals surface area contributed by atoms with Crippen molar-refractivity contribution < 1.29 is 0 Å². The average molecular weight is 309 g/mol. The van der Waals surface area contributed by atoms with Gasteiger partial charge in [-0.3, -0.25) is 0 Å². The maximum absolute atomic E-state index is 4.65. The SMILES string of the molecule is CNCc1cc(C(C)C)nc(-n2cc(Br)cn2)c1. The number of nitrogens with one attached hydrogen (secondary N) is 1. The highest BCUT2D eigenvalue weighted by molar-refractivity contribution is 9.10. The Morgan fingerprint density at radius 1 is 1.39 bits per heavy atom. The van der Waals surface area contributed by atoms with Gasteiger partial charge in [-0.25, -0.2) is 9.67 Å². The van der Waals surface area contributed by atoms with Crippen molar-refractivity contribution in [2.24, 2.45) is 0 Å². The van der Waals surface area contributed by atoms with E-state index in [1.807, 2.05) is 13.2 Å². The number of pyridine rings is 1. The third kappa shape index (κ3) is 2.97. The van der Waals surface area contributed by atoms with Crippen LogP contribution < -0.4 is 5.32 Å². The summed E-state index contributed by atoms with van der Waals surface area (Å²) in [5, 5.41) is 7.44. The quantitative estimate of drug-likeness (QED) is 0.944. The third-order valence-corrected chi connectivity index (χ3v) is 3.06. The van der Waals surface area contributed by atoms with E-state index in [9.17, 15) is 0 Å². The lowest BCUT2D eigenvalue weighted by Gasteiger charge is -2.11. The van der Waals surface area contributed by atoms with Gasteiger partial charge in [0.2, 0.25) is 0 Å². The molecule has 2 rings (SSSR count). The van der Waals surface area contributed by atoms with Crippen LogP contribution in [0.5, 0.6) is 0 Å². The summed E-state index contributed by atoms with van der Waals surface area (Å²) in [6.45, 7) is 5.13. The van der Waals surface area contributed by atoms with Crippen molar-refractivity contribution in [3.8, 4) is 5.82 Å². The van der Waals surface area contributed by atoms with Gasteiger partial charge in [0.15, 0.2) is 5.82 Å². The summed E-state index contributed by atoms with van der Waals surface area (Å²) in [6.07, 6.45) is 3.68. The van der Waals surface area contributed by atoms with E-state index in [0.29, 0.717) is 5.92 Å². The zero-order chi connectivity index (χ0) is 13.1. The predicted molar refractivity (Wildman–Crippen MR) is 75.9 cm³/mol. The zero-order valence-electron chi connectivity index (χ0n) is 10.8. The van der Waals surface area contributed by atoms with E-state index in [1.54, 1.807) is 10.9 Å². The molecule has 0 bridgehead atoms. The number of hydrogen-bond donors (Lipinski definition) is 1. The van der Waals surface area contributed by atoms with Crippen molar-refractivity contribution in [2.45, 2.75) is 26.3 Å². The van der Waals surface area contributed by atoms with Crippen molar-refractivity contribution in [1.29, 1.82) is 0 Å². The number of rotatable bonds is 4. The second-order valence-electron chi connectivity index (χ2n) is 4.55. The Balaban J connectivity index is 2.45. The lowest BCUT2D eigenvalue weighted by molar-refractivity contribution is 0.760. The highest BCUT2D eigenvalue weighted by atomic mass is 79.9. The van der Waals surface area contributed by atoms with Gasteiger partial charge in [-0.1, -0.05) is 13.8 Å². The fraction of sp³-hybridized carbons (Fsp3) is 0.385. The van der Waals surface area contributed by atoms with Gasteiger partial charge in [-0.2, -0.15) is 5.10 Å². The van der Waals surface area contributed by atoms with E-state index in [-0.39, 0.29) is 0 Å². The Kier molecular flexibility index (Phi) is 4.14. The molecule has 5 heteroatoms. The van der Waals surface area contributed by atoms with Gasteiger partial charge in [0, 0.05) is 18.4 Å². The first-order chi connectivity index (χ1) is 8.60. The summed E-state index contributed by atoms with van der Waals surface area (Å²) >= 11 is 3.40. The maximum atomic E-state index is 4.65. The van der Waals surface area contributed by atoms with Crippen LogP contribution in [0.2, 0.25) is 0 Å². The molecular formula is C13H17BrN4. The summed E-state index contributed by atoms with van der Waals surface area (Å²) in [5.74, 6) is 1.26. The molecule has 4 nitrogen and oxygen atoms in total. The minimum Gasteiger partial charge on any atom is -0.316 e. The molecule has 0 aliphatic carbocycles. The maximum Gasteiger partial charge on any atom is 0.153 e. The fourth-order valence-electron chi connectivity index (χ4n) is 1.74. The number of hydrogen-bond acceptors (Lipinski definition) is 3. The van der Waals surface area contributed by atoms with Crippen LogP contribution in [0.25, 0.3) is 5.82 Å². The largest absolute Gasteiger partial charge is 0.316 e. The molecule has 0 aromatic carbocycles. The fourth-order valence-corrected chi connectivity index (χ4v) is 2.03. The molecular weight excluding hydrogens is 292 g/mol. The first kappa shape index (κ1) is 13.2. The van der Waals surface area contributed by atoms with E-state index in [2.05, 4.69) is 57.3 Å². The molecule has 2 aromatic rings. The Morgan fingerprint density at radius 3 is 2.72 bits per heavy atom. The molecule has 0 fully saturated rings. The van der Waals surface area contributed by atoms with Gasteiger partial charge < -0.3 is 5.32 Å². The van der Waals surface area contributed by atoms with Crippen LogP contribution in [0.15, 0.2) is 29.0 Å². The van der Waals surface area contributed by atoms with E-state index in [4.69, 9.17) is 0 Å². The van der Waals surface area contributed by atoms with Crippen LogP contribution in [0.1, 0.15) is 31.0 Å². The first-order valence-corrected chi connectivity index (χ1v) is 6.75. The monoisotopic (exact) mass is 308 g/mol. The van der Waals surface area contributed by atoms with E-state index >= 15 is 0 Å². The molecule has 0 aliphatic heterocycles. The Labute approximate surface area is 116 Å². The van der Waals surface area contributed by atoms with Crippen LogP contribution in [0.4, 0.5) is 0 Å². The lowest BCUT2D eigenvalue weighted by atomic mass is 10.1. The molecule has 0 aliphatic rings. The molecule has 0 saturated heterocycles. The van der Waals surface area contributed by atoms with Crippen LogP contribution in [-0.4, -0.2) is 21.8 Å². The van der Waals surface area contributed by atoms with Gasteiger partial charge in [0.05, 0.1) is 10.7 Å². The average Bonchev–Trinajstić information content (AvgIpc) is 2.76. The van der Waals surface area contributed by atoms with Crippen LogP contribution in [0, 0.1) is 0 Å². The van der Waals surface area contributed by atoms with Crippen LogP contribution >= 0.6 is 15.9 Å². The molecule has 2 heterocycles. The molecule has 96 valence electrons. The molecule has 0 radical (unpaired) electrons. The van der Waals surface area contributed by atoms with Crippen molar-refractivity contribution in [1.82, 2.24) is 20.1 Å². The summed E-state index contributed by atoms with van der Waals surface area (Å²) < 4.78 is 2.74. The highest BCUT2D eigenvalue weighted by Gasteiger charge is 2.08. The molecule has 0 spiro atoms. The Bertz CT molecular complexity index is 534. The molecule has 18 heavy (non-hydrogen) atoms. The van der Waals surface area contributed by atoms with Crippen LogP contribution in [0.3, 0.4) is 0 Å². The van der Waals surface area contributed by atoms with E-state index in [0.717, 1.165) is 22.5 Å². The first-order valence-electron chi connectivity index (χ1n) is 5.96. The topological polar surface area (TPSA) is 42.7 Å². The smallest absolute Gasteiger partial charge is 0.153 e. The predicted octanol–water partition coefficient (Wildman–Crippen LogP) is 2.87. The molecule has 0 unspecified atom stereocenters. The normalized spacial score (nSPS) is 11.2. The number of halogens is 1. The molecule has 1 N–H and O–H groups in total. The van der Waals surface area contributed by atoms with Crippen molar-refractivity contribution in [3.63, 3.8) is 0 Å². The van der Waals surface area contributed by atoms with Gasteiger partial charge in [0.1, 0.15) is 0 Å². The zero-order valence-corrected chi connectivity index (χ0v) is 12.4. The minimum atomic E-state index is 0.402. The Hall–Kier alpha value is -1.20. The summed E-state index contributed by atoms with van der Waals surface area (Å²) in [4.78, 5) is 4.65. The summed E-state index contributed by atoms with van der Waals surface area (Å²) in [5.41, 5.74) is 2.31. The minimum absolute atomic E-state index is 0.402. The van der Waals surface area contributed by atoms with Gasteiger partial charge in [-0.15, -0.1) is 0 Å². The van der Waals surface area contributed by atoms with Crippen molar-refractivity contribution in [3.05, 3.63) is 40.3 Å². The summed E-state index contributed by atoms with van der Waals surface area (Å²) in [6, 6.07) is 4.20. The van der Waals surface area contributed by atoms with Crippen molar-refractivity contribution in [2.75, 3.05) is 7.05 Å². The van der Waals surface area contributed by atoms with E-state index in [1.165, 1.54) is 5.56 Å². The van der Waals surface area contributed by atoms with Gasteiger partial charge in [-0.05, 0) is 46.6 Å². The van der Waals surface area contributed by atoms with Gasteiger partial charge >= 0.3 is 0 Å². The molecule has 0 saturated carbocycles. The number of aromatic nitrogens is 3. The van der Waals surface area contributed by atoms with E-state index < -0.39 is 0 Å². The lowest BCUT2D eigenvalue weighted by Crippen LogP contribution is -2.09. The molecule has 0 atom stereocenters. The molecule has 2 aromatic heterocycles. The second kappa shape index (κ2) is 5.63. The summed E-state index contributed by atoms with van der Waals surface area (Å²) in [7, 11) is 1.94. The number of nitrogens with zero attached hydrogens (tertiary/aromatic N) is 3. The highest BCUT2D eigenvalue weighted by Crippen LogP contribution is 2.18. The van der Waals surface area contributed by atoms with Crippen LogP contribution in [-0.2, 0) is 6.54 Å². The van der Waals surface area contributed by atoms with Gasteiger partial charge in [0.25, 0.3) is 0 Å².